The van der Waals surface area contributed by atoms with Crippen LogP contribution in [-0.2, 0) is 0 Å². The molecule has 1 saturated heterocycles. The van der Waals surface area contributed by atoms with Crippen molar-refractivity contribution in [3.63, 3.8) is 0 Å². The normalized spacial score (nSPS) is 29.8. The Balaban J connectivity index is 2.18. The van der Waals surface area contributed by atoms with Crippen LogP contribution in [0.25, 0.3) is 0 Å². The number of piperidine rings is 1. The van der Waals surface area contributed by atoms with E-state index in [0.29, 0.717) is 18.4 Å². The average Bonchev–Trinajstić information content (AvgIpc) is 2.01. The molecule has 4 nitrogen and oxygen atoms in total. The molecule has 0 saturated carbocycles. The van der Waals surface area contributed by atoms with E-state index in [1.54, 1.807) is 0 Å². The zero-order chi connectivity index (χ0) is 8.97. The fourth-order valence-corrected chi connectivity index (χ4v) is 1.67. The lowest BCUT2D eigenvalue weighted by molar-refractivity contribution is 0.241. The summed E-state index contributed by atoms with van der Waals surface area (Å²) in [7, 11) is 0. The molecule has 4 heteroatoms. The topological polar surface area (TPSA) is 67.2 Å². The van der Waals surface area contributed by atoms with E-state index in [4.69, 9.17) is 5.73 Å². The molecule has 4 N–H and O–H groups in total. The van der Waals surface area contributed by atoms with Crippen molar-refractivity contribution in [2.75, 3.05) is 19.6 Å². The molecule has 0 aromatic heterocycles. The van der Waals surface area contributed by atoms with Crippen LogP contribution in [-0.4, -0.2) is 25.7 Å². The van der Waals surface area contributed by atoms with Crippen molar-refractivity contribution < 1.29 is 4.79 Å². The number of rotatable bonds is 2. The SMILES string of the molecule is CC1CNCC(CNC(N)=O)C1. The number of carbonyl (C=O) groups excluding carboxylic acids is 1. The number of hydrogen-bond acceptors (Lipinski definition) is 2. The van der Waals surface area contributed by atoms with E-state index in [1.165, 1.54) is 6.42 Å². The lowest BCUT2D eigenvalue weighted by Crippen LogP contribution is -2.42. The van der Waals surface area contributed by atoms with E-state index in [1.807, 2.05) is 0 Å². The first-order chi connectivity index (χ1) is 5.68. The second-order valence-electron chi connectivity index (χ2n) is 3.61. The smallest absolute Gasteiger partial charge is 0.312 e. The predicted octanol–water partition coefficient (Wildman–Crippen LogP) is -0.0997. The Morgan fingerprint density at radius 3 is 3.00 bits per heavy atom. The average molecular weight is 171 g/mol. The van der Waals surface area contributed by atoms with E-state index >= 15 is 0 Å². The standard InChI is InChI=1S/C8H17N3O/c1-6-2-7(4-10-3-6)5-11-8(9)12/h6-7,10H,2-5H2,1H3,(H3,9,11,12). The van der Waals surface area contributed by atoms with Gasteiger partial charge in [-0.3, -0.25) is 0 Å². The second-order valence-corrected chi connectivity index (χ2v) is 3.61. The van der Waals surface area contributed by atoms with Crippen molar-refractivity contribution in [2.45, 2.75) is 13.3 Å². The summed E-state index contributed by atoms with van der Waals surface area (Å²) in [5, 5.41) is 5.95. The fraction of sp³-hybridized carbons (Fsp3) is 0.875. The van der Waals surface area contributed by atoms with Crippen molar-refractivity contribution in [3.05, 3.63) is 0 Å². The maximum absolute atomic E-state index is 10.4. The summed E-state index contributed by atoms with van der Waals surface area (Å²) in [6.07, 6.45) is 1.17. The van der Waals surface area contributed by atoms with Crippen molar-refractivity contribution in [2.24, 2.45) is 17.6 Å². The van der Waals surface area contributed by atoms with Crippen LogP contribution in [0.2, 0.25) is 0 Å². The third-order valence-corrected chi connectivity index (χ3v) is 2.23. The molecule has 2 unspecified atom stereocenters. The number of hydrogen-bond donors (Lipinski definition) is 3. The molecule has 2 atom stereocenters. The molecule has 0 bridgehead atoms. The summed E-state index contributed by atoms with van der Waals surface area (Å²) in [6, 6.07) is -0.423. The number of primary amides is 1. The highest BCUT2D eigenvalue weighted by atomic mass is 16.2. The first-order valence-corrected chi connectivity index (χ1v) is 4.42. The van der Waals surface area contributed by atoms with Crippen LogP contribution >= 0.6 is 0 Å². The lowest BCUT2D eigenvalue weighted by atomic mass is 9.92. The molecule has 1 heterocycles. The van der Waals surface area contributed by atoms with Crippen LogP contribution in [0, 0.1) is 11.8 Å². The van der Waals surface area contributed by atoms with E-state index in [0.717, 1.165) is 13.1 Å². The quantitative estimate of drug-likeness (QED) is 0.543. The molecule has 0 spiro atoms. The molecule has 1 aliphatic heterocycles. The Morgan fingerprint density at radius 1 is 1.67 bits per heavy atom. The maximum Gasteiger partial charge on any atom is 0.312 e. The maximum atomic E-state index is 10.4. The monoisotopic (exact) mass is 171 g/mol. The van der Waals surface area contributed by atoms with Crippen LogP contribution in [0.1, 0.15) is 13.3 Å². The Labute approximate surface area is 72.9 Å². The number of amides is 2. The highest BCUT2D eigenvalue weighted by molar-refractivity contribution is 5.71. The molecule has 70 valence electrons. The fourth-order valence-electron chi connectivity index (χ4n) is 1.67. The van der Waals surface area contributed by atoms with Gasteiger partial charge in [-0.05, 0) is 31.3 Å². The summed E-state index contributed by atoms with van der Waals surface area (Å²) in [5.41, 5.74) is 4.97. The van der Waals surface area contributed by atoms with Crippen LogP contribution < -0.4 is 16.4 Å². The first kappa shape index (κ1) is 9.32. The van der Waals surface area contributed by atoms with Gasteiger partial charge >= 0.3 is 6.03 Å². The summed E-state index contributed by atoms with van der Waals surface area (Å²) >= 11 is 0. The molecule has 0 aromatic rings. The van der Waals surface area contributed by atoms with Gasteiger partial charge in [-0.2, -0.15) is 0 Å². The second kappa shape index (κ2) is 4.30. The minimum absolute atomic E-state index is 0.423. The highest BCUT2D eigenvalue weighted by Gasteiger charge is 2.18. The van der Waals surface area contributed by atoms with Crippen molar-refractivity contribution in [1.29, 1.82) is 0 Å². The van der Waals surface area contributed by atoms with E-state index in [9.17, 15) is 4.79 Å². The van der Waals surface area contributed by atoms with Gasteiger partial charge < -0.3 is 16.4 Å². The molecular weight excluding hydrogens is 154 g/mol. The Hall–Kier alpha value is -0.770. The van der Waals surface area contributed by atoms with E-state index < -0.39 is 6.03 Å². The van der Waals surface area contributed by atoms with Gasteiger partial charge in [0.1, 0.15) is 0 Å². The van der Waals surface area contributed by atoms with Gasteiger partial charge in [-0.25, -0.2) is 4.79 Å². The Kier molecular flexibility index (Phi) is 3.34. The first-order valence-electron chi connectivity index (χ1n) is 4.42. The number of carbonyl (C=O) groups is 1. The third kappa shape index (κ3) is 3.09. The number of urea groups is 1. The predicted molar refractivity (Wildman–Crippen MR) is 47.7 cm³/mol. The van der Waals surface area contributed by atoms with Gasteiger partial charge in [-0.1, -0.05) is 6.92 Å². The summed E-state index contributed by atoms with van der Waals surface area (Å²) < 4.78 is 0. The van der Waals surface area contributed by atoms with Crippen molar-refractivity contribution >= 4 is 6.03 Å². The molecule has 0 aromatic carbocycles. The van der Waals surface area contributed by atoms with Gasteiger partial charge in [0.25, 0.3) is 0 Å². The Bertz CT molecular complexity index is 160. The Morgan fingerprint density at radius 2 is 2.42 bits per heavy atom. The number of nitrogens with one attached hydrogen (secondary N) is 2. The molecule has 12 heavy (non-hydrogen) atoms. The van der Waals surface area contributed by atoms with Gasteiger partial charge in [0, 0.05) is 6.54 Å². The minimum atomic E-state index is -0.423. The van der Waals surface area contributed by atoms with E-state index in [-0.39, 0.29) is 0 Å². The third-order valence-electron chi connectivity index (χ3n) is 2.23. The van der Waals surface area contributed by atoms with Gasteiger partial charge in [-0.15, -0.1) is 0 Å². The zero-order valence-corrected chi connectivity index (χ0v) is 7.47. The highest BCUT2D eigenvalue weighted by Crippen LogP contribution is 2.14. The van der Waals surface area contributed by atoms with Crippen LogP contribution in [0.4, 0.5) is 4.79 Å². The van der Waals surface area contributed by atoms with Gasteiger partial charge in [0.05, 0.1) is 0 Å². The van der Waals surface area contributed by atoms with Gasteiger partial charge in [0.15, 0.2) is 0 Å². The zero-order valence-electron chi connectivity index (χ0n) is 7.47. The van der Waals surface area contributed by atoms with Crippen LogP contribution in [0.15, 0.2) is 0 Å². The molecule has 1 fully saturated rings. The largest absolute Gasteiger partial charge is 0.352 e. The molecular formula is C8H17N3O. The molecule has 0 aliphatic carbocycles. The van der Waals surface area contributed by atoms with Crippen LogP contribution in [0.3, 0.4) is 0 Å². The molecule has 1 aliphatic rings. The lowest BCUT2D eigenvalue weighted by Gasteiger charge is -2.27. The van der Waals surface area contributed by atoms with Gasteiger partial charge in [0.2, 0.25) is 0 Å². The van der Waals surface area contributed by atoms with E-state index in [2.05, 4.69) is 17.6 Å². The summed E-state index contributed by atoms with van der Waals surface area (Å²) in [6.45, 7) is 4.99. The summed E-state index contributed by atoms with van der Waals surface area (Å²) in [5.74, 6) is 1.25. The minimum Gasteiger partial charge on any atom is -0.352 e. The number of nitrogens with two attached hydrogens (primary N) is 1. The molecule has 2 amide bonds. The molecule has 0 radical (unpaired) electrons. The van der Waals surface area contributed by atoms with Crippen molar-refractivity contribution in [3.8, 4) is 0 Å². The summed E-state index contributed by atoms with van der Waals surface area (Å²) in [4.78, 5) is 10.4. The van der Waals surface area contributed by atoms with Crippen LogP contribution in [0.5, 0.6) is 0 Å². The van der Waals surface area contributed by atoms with Crippen molar-refractivity contribution in [1.82, 2.24) is 10.6 Å². The molecule has 1 rings (SSSR count).